The lowest BCUT2D eigenvalue weighted by Crippen LogP contribution is -1.98. The Morgan fingerprint density at radius 2 is 1.58 bits per heavy atom. The van der Waals surface area contributed by atoms with E-state index in [0.29, 0.717) is 33.7 Å². The molecule has 1 heterocycles. The van der Waals surface area contributed by atoms with Gasteiger partial charge in [-0.15, -0.1) is 0 Å². The van der Waals surface area contributed by atoms with Gasteiger partial charge in [0.2, 0.25) is 5.75 Å². The van der Waals surface area contributed by atoms with Crippen LogP contribution in [0.5, 0.6) is 17.2 Å². The third kappa shape index (κ3) is 2.42. The monoisotopic (exact) mass is 280 g/mol. The van der Waals surface area contributed by atoms with Crippen molar-refractivity contribution >= 4 is 11.6 Å². The molecular weight excluding hydrogens is 268 g/mol. The van der Waals surface area contributed by atoms with Crippen molar-refractivity contribution < 1.29 is 14.2 Å². The Kier molecular flexibility index (Phi) is 4.06. The standard InChI is InChI=1S/C13H13ClN2O3/c1-17-9-5-4-8(11(18-2)12(9)19-3)10-13(14)16-7-6-15-10/h4-7H,1-3H3. The Morgan fingerprint density at radius 3 is 2.16 bits per heavy atom. The molecule has 0 aliphatic carbocycles. The summed E-state index contributed by atoms with van der Waals surface area (Å²) in [5, 5.41) is 0.299. The minimum absolute atomic E-state index is 0.299. The highest BCUT2D eigenvalue weighted by atomic mass is 35.5. The maximum atomic E-state index is 6.06. The van der Waals surface area contributed by atoms with Crippen molar-refractivity contribution in [3.05, 3.63) is 29.7 Å². The van der Waals surface area contributed by atoms with Gasteiger partial charge in [-0.2, -0.15) is 0 Å². The largest absolute Gasteiger partial charge is 0.493 e. The van der Waals surface area contributed by atoms with Crippen LogP contribution < -0.4 is 14.2 Å². The average Bonchev–Trinajstić information content (AvgIpc) is 2.46. The molecule has 2 aromatic rings. The molecule has 0 radical (unpaired) electrons. The van der Waals surface area contributed by atoms with Crippen LogP contribution in [0.4, 0.5) is 0 Å². The number of hydrogen-bond acceptors (Lipinski definition) is 5. The zero-order valence-corrected chi connectivity index (χ0v) is 11.6. The summed E-state index contributed by atoms with van der Waals surface area (Å²) in [5.74, 6) is 1.57. The molecule has 6 heteroatoms. The second-order valence-electron chi connectivity index (χ2n) is 3.58. The van der Waals surface area contributed by atoms with Gasteiger partial charge in [0.25, 0.3) is 0 Å². The highest BCUT2D eigenvalue weighted by Crippen LogP contribution is 2.44. The lowest BCUT2D eigenvalue weighted by molar-refractivity contribution is 0.325. The van der Waals surface area contributed by atoms with E-state index in [9.17, 15) is 0 Å². The van der Waals surface area contributed by atoms with Gasteiger partial charge in [0.1, 0.15) is 5.69 Å². The minimum Gasteiger partial charge on any atom is -0.493 e. The van der Waals surface area contributed by atoms with Crippen LogP contribution in [0.15, 0.2) is 24.5 Å². The van der Waals surface area contributed by atoms with Crippen LogP contribution in [0.25, 0.3) is 11.3 Å². The molecule has 0 aliphatic rings. The van der Waals surface area contributed by atoms with Crippen molar-refractivity contribution in [2.75, 3.05) is 21.3 Å². The van der Waals surface area contributed by atoms with E-state index in [1.54, 1.807) is 39.7 Å². The molecule has 1 aromatic carbocycles. The second kappa shape index (κ2) is 5.75. The number of methoxy groups -OCH3 is 3. The first-order valence-electron chi connectivity index (χ1n) is 5.48. The fourth-order valence-corrected chi connectivity index (χ4v) is 2.00. The number of benzene rings is 1. The Balaban J connectivity index is 2.68. The summed E-state index contributed by atoms with van der Waals surface area (Å²) in [6.45, 7) is 0. The third-order valence-corrected chi connectivity index (χ3v) is 2.89. The number of hydrogen-bond donors (Lipinski definition) is 0. The van der Waals surface area contributed by atoms with Gasteiger partial charge in [0.15, 0.2) is 16.7 Å². The fourth-order valence-electron chi connectivity index (χ4n) is 1.79. The van der Waals surface area contributed by atoms with Crippen molar-refractivity contribution in [3.8, 4) is 28.5 Å². The minimum atomic E-state index is 0.299. The summed E-state index contributed by atoms with van der Waals surface area (Å²) in [7, 11) is 4.65. The molecule has 0 saturated heterocycles. The van der Waals surface area contributed by atoms with Crippen molar-refractivity contribution in [1.29, 1.82) is 0 Å². The molecule has 0 fully saturated rings. The van der Waals surface area contributed by atoms with E-state index in [0.717, 1.165) is 0 Å². The van der Waals surface area contributed by atoms with Gasteiger partial charge in [-0.25, -0.2) is 4.98 Å². The summed E-state index contributed by atoms with van der Waals surface area (Å²) >= 11 is 6.06. The molecule has 0 aliphatic heterocycles. The van der Waals surface area contributed by atoms with Crippen LogP contribution in [0, 0.1) is 0 Å². The van der Waals surface area contributed by atoms with Crippen molar-refractivity contribution in [2.24, 2.45) is 0 Å². The van der Waals surface area contributed by atoms with E-state index in [4.69, 9.17) is 25.8 Å². The van der Waals surface area contributed by atoms with Gasteiger partial charge in [-0.1, -0.05) is 11.6 Å². The van der Waals surface area contributed by atoms with Crippen LogP contribution in [-0.2, 0) is 0 Å². The quantitative estimate of drug-likeness (QED) is 0.862. The molecule has 0 spiro atoms. The topological polar surface area (TPSA) is 53.5 Å². The van der Waals surface area contributed by atoms with E-state index in [-0.39, 0.29) is 0 Å². The Labute approximate surface area is 116 Å². The van der Waals surface area contributed by atoms with Gasteiger partial charge in [-0.05, 0) is 12.1 Å². The zero-order chi connectivity index (χ0) is 13.8. The van der Waals surface area contributed by atoms with Crippen molar-refractivity contribution in [1.82, 2.24) is 9.97 Å². The Hall–Kier alpha value is -2.01. The molecule has 100 valence electrons. The maximum Gasteiger partial charge on any atom is 0.203 e. The number of nitrogens with zero attached hydrogens (tertiary/aromatic N) is 2. The van der Waals surface area contributed by atoms with Crippen LogP contribution in [-0.4, -0.2) is 31.3 Å². The van der Waals surface area contributed by atoms with E-state index in [1.807, 2.05) is 0 Å². The van der Waals surface area contributed by atoms with Crippen LogP contribution >= 0.6 is 11.6 Å². The first-order chi connectivity index (χ1) is 9.22. The lowest BCUT2D eigenvalue weighted by atomic mass is 10.1. The highest BCUT2D eigenvalue weighted by molar-refractivity contribution is 6.31. The molecule has 5 nitrogen and oxygen atoms in total. The van der Waals surface area contributed by atoms with Crippen LogP contribution in [0.2, 0.25) is 5.15 Å². The van der Waals surface area contributed by atoms with Gasteiger partial charge < -0.3 is 14.2 Å². The van der Waals surface area contributed by atoms with E-state index in [2.05, 4.69) is 9.97 Å². The maximum absolute atomic E-state index is 6.06. The highest BCUT2D eigenvalue weighted by Gasteiger charge is 2.19. The molecular formula is C13H13ClN2O3. The summed E-state index contributed by atoms with van der Waals surface area (Å²) < 4.78 is 15.9. The van der Waals surface area contributed by atoms with Gasteiger partial charge in [-0.3, -0.25) is 4.98 Å². The van der Waals surface area contributed by atoms with Gasteiger partial charge >= 0.3 is 0 Å². The third-order valence-electron chi connectivity index (χ3n) is 2.61. The predicted octanol–water partition coefficient (Wildman–Crippen LogP) is 2.82. The molecule has 19 heavy (non-hydrogen) atoms. The molecule has 0 atom stereocenters. The summed E-state index contributed by atoms with van der Waals surface area (Å²) in [6.07, 6.45) is 3.09. The first kappa shape index (κ1) is 13.4. The summed E-state index contributed by atoms with van der Waals surface area (Å²) in [6, 6.07) is 3.57. The second-order valence-corrected chi connectivity index (χ2v) is 3.94. The average molecular weight is 281 g/mol. The van der Waals surface area contributed by atoms with E-state index >= 15 is 0 Å². The van der Waals surface area contributed by atoms with Crippen molar-refractivity contribution in [3.63, 3.8) is 0 Å². The van der Waals surface area contributed by atoms with Crippen molar-refractivity contribution in [2.45, 2.75) is 0 Å². The Morgan fingerprint density at radius 1 is 0.895 bits per heavy atom. The number of halogens is 1. The number of aromatic nitrogens is 2. The van der Waals surface area contributed by atoms with E-state index in [1.165, 1.54) is 6.20 Å². The molecule has 0 unspecified atom stereocenters. The zero-order valence-electron chi connectivity index (χ0n) is 10.8. The van der Waals surface area contributed by atoms with Gasteiger partial charge in [0, 0.05) is 18.0 Å². The normalized spacial score (nSPS) is 10.1. The SMILES string of the molecule is COc1ccc(-c2nccnc2Cl)c(OC)c1OC. The Bertz CT molecular complexity index is 590. The smallest absolute Gasteiger partial charge is 0.203 e. The summed E-state index contributed by atoms with van der Waals surface area (Å²) in [5.41, 5.74) is 1.22. The molecule has 0 N–H and O–H groups in total. The predicted molar refractivity (Wildman–Crippen MR) is 72.1 cm³/mol. The van der Waals surface area contributed by atoms with Gasteiger partial charge in [0.05, 0.1) is 21.3 Å². The van der Waals surface area contributed by atoms with E-state index < -0.39 is 0 Å². The molecule has 1 aromatic heterocycles. The number of ether oxygens (including phenoxy) is 3. The van der Waals surface area contributed by atoms with Crippen LogP contribution in [0.3, 0.4) is 0 Å². The molecule has 0 amide bonds. The molecule has 0 bridgehead atoms. The summed E-state index contributed by atoms with van der Waals surface area (Å²) in [4.78, 5) is 8.22. The molecule has 2 rings (SSSR count). The van der Waals surface area contributed by atoms with Crippen LogP contribution in [0.1, 0.15) is 0 Å². The molecule has 0 saturated carbocycles. The first-order valence-corrected chi connectivity index (χ1v) is 5.86. The lowest BCUT2D eigenvalue weighted by Gasteiger charge is -2.15. The number of rotatable bonds is 4. The fraction of sp³-hybridized carbons (Fsp3) is 0.231.